The summed E-state index contributed by atoms with van der Waals surface area (Å²) < 4.78 is 1.46. The number of hydrogen-bond acceptors (Lipinski definition) is 4. The van der Waals surface area contributed by atoms with Crippen LogP contribution in [-0.4, -0.2) is 9.49 Å². The van der Waals surface area contributed by atoms with Gasteiger partial charge in [0.05, 0.1) is 10.6 Å². The van der Waals surface area contributed by atoms with E-state index in [0.29, 0.717) is 16.8 Å². The van der Waals surface area contributed by atoms with E-state index < -0.39 is 4.92 Å². The van der Waals surface area contributed by atoms with Crippen molar-refractivity contribution < 1.29 is 4.92 Å². The molecule has 0 amide bonds. The molecule has 2 N–H and O–H groups in total. The third kappa shape index (κ3) is 2.46. The van der Waals surface area contributed by atoms with Crippen molar-refractivity contribution in [2.45, 2.75) is 13.0 Å². The largest absolute Gasteiger partial charge is 0.324 e. The maximum absolute atomic E-state index is 12.2. The van der Waals surface area contributed by atoms with Crippen molar-refractivity contribution in [2.75, 3.05) is 0 Å². The molecule has 2 rings (SSSR count). The van der Waals surface area contributed by atoms with Gasteiger partial charge in [0.25, 0.3) is 11.2 Å². The van der Waals surface area contributed by atoms with Crippen LogP contribution < -0.4 is 11.3 Å². The van der Waals surface area contributed by atoms with Gasteiger partial charge >= 0.3 is 0 Å². The fourth-order valence-corrected chi connectivity index (χ4v) is 2.07. The molecule has 0 saturated carbocycles. The molecule has 0 fully saturated rings. The fraction of sp³-hybridized carbons (Fsp3) is 0.214. The Balaban J connectivity index is 2.60. The van der Waals surface area contributed by atoms with Gasteiger partial charge in [0.2, 0.25) is 0 Å². The summed E-state index contributed by atoms with van der Waals surface area (Å²) in [5.74, 6) is 0. The van der Waals surface area contributed by atoms with Crippen LogP contribution in [0.2, 0.25) is 0 Å². The molecule has 0 aliphatic rings. The molecule has 2 aromatic rings. The maximum atomic E-state index is 12.2. The number of nitrogens with two attached hydrogens (primary N) is 1. The van der Waals surface area contributed by atoms with Crippen LogP contribution in [0, 0.1) is 10.1 Å². The van der Waals surface area contributed by atoms with E-state index >= 15 is 0 Å². The Labute approximate surface area is 115 Å². The SMILES string of the molecule is CC(N)c1ccc(-c2cccc([N+](=O)[O-])c2)n(C)c1=O. The third-order valence-corrected chi connectivity index (χ3v) is 3.18. The zero-order valence-electron chi connectivity index (χ0n) is 11.2. The topological polar surface area (TPSA) is 91.2 Å². The molecule has 20 heavy (non-hydrogen) atoms. The van der Waals surface area contributed by atoms with Gasteiger partial charge < -0.3 is 10.3 Å². The Morgan fingerprint density at radius 1 is 1.30 bits per heavy atom. The normalized spacial score (nSPS) is 12.2. The summed E-state index contributed by atoms with van der Waals surface area (Å²) in [6, 6.07) is 9.25. The minimum atomic E-state index is -0.460. The lowest BCUT2D eigenvalue weighted by molar-refractivity contribution is -0.384. The molecule has 0 radical (unpaired) electrons. The van der Waals surface area contributed by atoms with Gasteiger partial charge in [-0.25, -0.2) is 0 Å². The minimum Gasteiger partial charge on any atom is -0.324 e. The number of rotatable bonds is 3. The van der Waals surface area contributed by atoms with Gasteiger partial charge in [-0.3, -0.25) is 14.9 Å². The first-order valence-corrected chi connectivity index (χ1v) is 6.12. The van der Waals surface area contributed by atoms with Crippen LogP contribution in [0.4, 0.5) is 5.69 Å². The van der Waals surface area contributed by atoms with Crippen LogP contribution in [0.15, 0.2) is 41.2 Å². The lowest BCUT2D eigenvalue weighted by Crippen LogP contribution is -2.26. The van der Waals surface area contributed by atoms with Crippen LogP contribution in [0.3, 0.4) is 0 Å². The highest BCUT2D eigenvalue weighted by Gasteiger charge is 2.12. The second-order valence-electron chi connectivity index (χ2n) is 4.63. The lowest BCUT2D eigenvalue weighted by atomic mass is 10.1. The molecule has 0 bridgehead atoms. The summed E-state index contributed by atoms with van der Waals surface area (Å²) in [5, 5.41) is 10.8. The van der Waals surface area contributed by atoms with Gasteiger partial charge in [-0.15, -0.1) is 0 Å². The van der Waals surface area contributed by atoms with E-state index in [4.69, 9.17) is 5.73 Å². The van der Waals surface area contributed by atoms with Gasteiger partial charge in [-0.1, -0.05) is 12.1 Å². The first-order valence-electron chi connectivity index (χ1n) is 6.12. The van der Waals surface area contributed by atoms with Crippen LogP contribution in [0.5, 0.6) is 0 Å². The third-order valence-electron chi connectivity index (χ3n) is 3.18. The molecule has 0 spiro atoms. The Bertz CT molecular complexity index is 720. The maximum Gasteiger partial charge on any atom is 0.270 e. The van der Waals surface area contributed by atoms with E-state index in [1.54, 1.807) is 38.2 Å². The molecule has 0 aliphatic carbocycles. The first kappa shape index (κ1) is 14.0. The smallest absolute Gasteiger partial charge is 0.270 e. The summed E-state index contributed by atoms with van der Waals surface area (Å²) >= 11 is 0. The zero-order chi connectivity index (χ0) is 14.9. The van der Waals surface area contributed by atoms with Crippen molar-refractivity contribution in [1.29, 1.82) is 0 Å². The molecule has 104 valence electrons. The van der Waals surface area contributed by atoms with Crippen molar-refractivity contribution in [1.82, 2.24) is 4.57 Å². The van der Waals surface area contributed by atoms with Gasteiger partial charge in [0.15, 0.2) is 0 Å². The van der Waals surface area contributed by atoms with Crippen LogP contribution >= 0.6 is 0 Å². The van der Waals surface area contributed by atoms with Crippen LogP contribution in [-0.2, 0) is 7.05 Å². The molecule has 1 aromatic heterocycles. The Kier molecular flexibility index (Phi) is 3.67. The molecular weight excluding hydrogens is 258 g/mol. The summed E-state index contributed by atoms with van der Waals surface area (Å²) in [5.41, 5.74) is 7.28. The number of nitro groups is 1. The highest BCUT2D eigenvalue weighted by molar-refractivity contribution is 5.63. The average Bonchev–Trinajstić information content (AvgIpc) is 2.41. The Hall–Kier alpha value is -2.47. The van der Waals surface area contributed by atoms with E-state index in [1.807, 2.05) is 0 Å². The van der Waals surface area contributed by atoms with Crippen LogP contribution in [0.25, 0.3) is 11.3 Å². The predicted molar refractivity (Wildman–Crippen MR) is 76.4 cm³/mol. The number of nitrogens with zero attached hydrogens (tertiary/aromatic N) is 2. The lowest BCUT2D eigenvalue weighted by Gasteiger charge is -2.12. The molecule has 1 unspecified atom stereocenters. The molecule has 6 heteroatoms. The quantitative estimate of drug-likeness (QED) is 0.683. The van der Waals surface area contributed by atoms with Crippen molar-refractivity contribution in [3.63, 3.8) is 0 Å². The Morgan fingerprint density at radius 2 is 2.00 bits per heavy atom. The van der Waals surface area contributed by atoms with E-state index in [2.05, 4.69) is 0 Å². The second kappa shape index (κ2) is 5.26. The number of hydrogen-bond donors (Lipinski definition) is 1. The molecule has 0 aliphatic heterocycles. The number of non-ortho nitro benzene ring substituents is 1. The summed E-state index contributed by atoms with van der Waals surface area (Å²) in [6.45, 7) is 1.74. The summed E-state index contributed by atoms with van der Waals surface area (Å²) in [6.07, 6.45) is 0. The van der Waals surface area contributed by atoms with Gasteiger partial charge in [0.1, 0.15) is 0 Å². The molecule has 1 atom stereocenters. The number of nitro benzene ring substituents is 1. The fourth-order valence-electron chi connectivity index (χ4n) is 2.07. The second-order valence-corrected chi connectivity index (χ2v) is 4.63. The van der Waals surface area contributed by atoms with Crippen molar-refractivity contribution in [3.8, 4) is 11.3 Å². The highest BCUT2D eigenvalue weighted by atomic mass is 16.6. The number of pyridine rings is 1. The van der Waals surface area contributed by atoms with Crippen molar-refractivity contribution in [3.05, 3.63) is 62.4 Å². The molecular formula is C14H15N3O3. The minimum absolute atomic E-state index is 0.00813. The van der Waals surface area contributed by atoms with Crippen LogP contribution in [0.1, 0.15) is 18.5 Å². The van der Waals surface area contributed by atoms with Crippen molar-refractivity contribution in [2.24, 2.45) is 12.8 Å². The molecule has 6 nitrogen and oxygen atoms in total. The Morgan fingerprint density at radius 3 is 2.60 bits per heavy atom. The van der Waals surface area contributed by atoms with Crippen molar-refractivity contribution >= 4 is 5.69 Å². The van der Waals surface area contributed by atoms with E-state index in [1.165, 1.54) is 16.7 Å². The molecule has 1 aromatic carbocycles. The predicted octanol–water partition coefficient (Wildman–Crippen LogP) is 1.98. The number of aromatic nitrogens is 1. The zero-order valence-corrected chi connectivity index (χ0v) is 11.2. The van der Waals surface area contributed by atoms with E-state index in [-0.39, 0.29) is 17.3 Å². The standard InChI is InChI=1S/C14H15N3O3/c1-9(15)12-6-7-13(16(2)14(12)18)10-4-3-5-11(8-10)17(19)20/h3-9H,15H2,1-2H3. The van der Waals surface area contributed by atoms with E-state index in [9.17, 15) is 14.9 Å². The summed E-state index contributed by atoms with van der Waals surface area (Å²) in [4.78, 5) is 22.5. The van der Waals surface area contributed by atoms with Gasteiger partial charge in [0, 0.05) is 36.3 Å². The average molecular weight is 273 g/mol. The van der Waals surface area contributed by atoms with Gasteiger partial charge in [-0.2, -0.15) is 0 Å². The monoisotopic (exact) mass is 273 g/mol. The molecule has 0 saturated heterocycles. The summed E-state index contributed by atoms with van der Waals surface area (Å²) in [7, 11) is 1.63. The highest BCUT2D eigenvalue weighted by Crippen LogP contribution is 2.23. The molecule has 1 heterocycles. The van der Waals surface area contributed by atoms with Gasteiger partial charge in [-0.05, 0) is 19.1 Å². The first-order chi connectivity index (χ1) is 9.41. The van der Waals surface area contributed by atoms with E-state index in [0.717, 1.165) is 0 Å². The number of benzene rings is 1.